The number of hydrogen-bond donors (Lipinski definition) is 0. The van der Waals surface area contributed by atoms with Crippen molar-refractivity contribution in [1.82, 2.24) is 0 Å². The molecule has 0 saturated carbocycles. The zero-order chi connectivity index (χ0) is 33.9. The molecular formula is C28H44O12Si8. The Labute approximate surface area is 291 Å². The summed E-state index contributed by atoms with van der Waals surface area (Å²) in [6, 6.07) is 21.8. The van der Waals surface area contributed by atoms with Gasteiger partial charge in [0.05, 0.1) is 0 Å². The van der Waals surface area contributed by atoms with Gasteiger partial charge >= 0.3 is 70.4 Å². The van der Waals surface area contributed by atoms with Gasteiger partial charge in [-0.3, -0.25) is 0 Å². The Hall–Kier alpha value is -0.825. The van der Waals surface area contributed by atoms with Gasteiger partial charge in [0.15, 0.2) is 0 Å². The summed E-state index contributed by atoms with van der Waals surface area (Å²) in [5.74, 6) is 0. The number of hydrogen-bond acceptors (Lipinski definition) is 12. The first kappa shape index (κ1) is 35.6. The molecule has 0 amide bonds. The summed E-state index contributed by atoms with van der Waals surface area (Å²) in [7, 11) is -31.2. The van der Waals surface area contributed by atoms with Gasteiger partial charge in [0.25, 0.3) is 0 Å². The highest BCUT2D eigenvalue weighted by Gasteiger charge is 2.82. The molecule has 0 N–H and O–H groups in total. The normalized spacial score (nSPS) is 43.4. The molecule has 6 aliphatic rings. The Morgan fingerprint density at radius 3 is 1.17 bits per heavy atom. The zero-order valence-corrected chi connectivity index (χ0v) is 36.3. The van der Waals surface area contributed by atoms with Crippen LogP contribution >= 0.6 is 0 Å². The van der Waals surface area contributed by atoms with E-state index in [0.717, 1.165) is 11.1 Å². The van der Waals surface area contributed by atoms with Crippen LogP contribution in [0.1, 0.15) is 52.7 Å². The quantitative estimate of drug-likeness (QED) is 0.249. The predicted molar refractivity (Wildman–Crippen MR) is 193 cm³/mol. The number of rotatable bonds is 10. The maximum Gasteiger partial charge on any atom is 0.515 e. The smallest absolute Gasteiger partial charge is 0.373 e. The molecule has 6 saturated heterocycles. The van der Waals surface area contributed by atoms with Gasteiger partial charge in [-0.05, 0) is 16.8 Å². The van der Waals surface area contributed by atoms with Crippen molar-refractivity contribution in [1.29, 1.82) is 0 Å². The molecule has 6 fully saturated rings. The van der Waals surface area contributed by atoms with Gasteiger partial charge in [-0.2, -0.15) is 0 Å². The van der Waals surface area contributed by atoms with Crippen molar-refractivity contribution in [2.24, 2.45) is 0 Å². The molecule has 8 rings (SSSR count). The summed E-state index contributed by atoms with van der Waals surface area (Å²) in [5, 5.41) is 0.532. The van der Waals surface area contributed by atoms with Crippen LogP contribution in [-0.4, -0.2) is 70.4 Å². The minimum Gasteiger partial charge on any atom is -0.373 e. The fraction of sp³-hybridized carbons (Fsp3) is 0.429. The van der Waals surface area contributed by atoms with Crippen molar-refractivity contribution >= 4 is 81.7 Å². The molecule has 48 heavy (non-hydrogen) atoms. The lowest BCUT2D eigenvalue weighted by Gasteiger charge is -2.62. The molecule has 0 radical (unpaired) electrons. The van der Waals surface area contributed by atoms with Crippen LogP contribution in [0.4, 0.5) is 0 Å². The van der Waals surface area contributed by atoms with Crippen molar-refractivity contribution in [3.8, 4) is 0 Å². The maximum atomic E-state index is 7.35. The third kappa shape index (κ3) is 6.00. The molecule has 6 heterocycles. The second kappa shape index (κ2) is 12.7. The fourth-order valence-corrected chi connectivity index (χ4v) is 54.4. The Morgan fingerprint density at radius 1 is 0.479 bits per heavy atom. The van der Waals surface area contributed by atoms with Gasteiger partial charge in [-0.15, -0.1) is 0 Å². The van der Waals surface area contributed by atoms with Crippen LogP contribution in [-0.2, 0) is 49.4 Å². The lowest BCUT2D eigenvalue weighted by atomic mass is 10.2. The largest absolute Gasteiger partial charge is 0.515 e. The van der Waals surface area contributed by atoms with Crippen molar-refractivity contribution < 1.29 is 49.4 Å². The van der Waals surface area contributed by atoms with E-state index in [0.29, 0.717) is 41.5 Å². The molecule has 12 nitrogen and oxygen atoms in total. The highest BCUT2D eigenvalue weighted by molar-refractivity contribution is 7.06. The summed E-state index contributed by atoms with van der Waals surface area (Å²) in [6.45, 7) is 16.4. The summed E-state index contributed by atoms with van der Waals surface area (Å²) in [5.41, 5.74) is 3.61. The maximum absolute atomic E-state index is 7.35. The molecule has 0 spiro atoms. The first-order chi connectivity index (χ1) is 22.9. The van der Waals surface area contributed by atoms with E-state index in [-0.39, 0.29) is 0 Å². The molecule has 0 unspecified atom stereocenters. The number of benzene rings is 2. The third-order valence-electron chi connectivity index (χ3n) is 9.00. The summed E-state index contributed by atoms with van der Waals surface area (Å²) in [6.07, 6.45) is 1.94. The molecule has 0 atom stereocenters. The van der Waals surface area contributed by atoms with E-state index in [2.05, 4.69) is 6.58 Å². The van der Waals surface area contributed by atoms with E-state index in [1.165, 1.54) is 0 Å². The molecule has 0 aliphatic carbocycles. The van der Waals surface area contributed by atoms with Gasteiger partial charge in [0.2, 0.25) is 0 Å². The highest BCUT2D eigenvalue weighted by atomic mass is 28.6. The summed E-state index contributed by atoms with van der Waals surface area (Å²) in [4.78, 5) is 0. The van der Waals surface area contributed by atoms with E-state index in [9.17, 15) is 0 Å². The topological polar surface area (TPSA) is 111 Å². The van der Waals surface area contributed by atoms with E-state index < -0.39 is 70.4 Å². The van der Waals surface area contributed by atoms with Gasteiger partial charge < -0.3 is 49.4 Å². The van der Waals surface area contributed by atoms with Gasteiger partial charge in [-0.1, -0.05) is 115 Å². The van der Waals surface area contributed by atoms with Gasteiger partial charge in [0.1, 0.15) is 0 Å². The molecule has 6 aliphatic heterocycles. The van der Waals surface area contributed by atoms with Crippen molar-refractivity contribution in [2.45, 2.75) is 77.8 Å². The Balaban J connectivity index is 1.53. The Bertz CT molecular complexity index is 1430. The molecule has 2 aromatic rings. The van der Waals surface area contributed by atoms with Gasteiger partial charge in [0, 0.05) is 41.5 Å². The molecule has 2 aromatic carbocycles. The van der Waals surface area contributed by atoms with Crippen molar-refractivity contribution in [2.75, 3.05) is 0 Å². The van der Waals surface area contributed by atoms with E-state index in [1.807, 2.05) is 114 Å². The van der Waals surface area contributed by atoms with Crippen LogP contribution in [0.15, 0.2) is 72.9 Å². The first-order valence-corrected chi connectivity index (χ1v) is 32.0. The summed E-state index contributed by atoms with van der Waals surface area (Å²) >= 11 is 0. The lowest BCUT2D eigenvalue weighted by molar-refractivity contribution is -0.0223. The molecule has 260 valence electrons. The van der Waals surface area contributed by atoms with Crippen molar-refractivity contribution in [3.05, 3.63) is 84.1 Å². The monoisotopic (exact) mass is 796 g/mol. The molecule has 20 heteroatoms. The average molecular weight is 797 g/mol. The third-order valence-corrected chi connectivity index (χ3v) is 44.8. The Kier molecular flexibility index (Phi) is 9.40. The molecular weight excluding hydrogens is 753 g/mol. The van der Waals surface area contributed by atoms with Crippen LogP contribution in [0.5, 0.6) is 0 Å². The van der Waals surface area contributed by atoms with Crippen LogP contribution < -0.4 is 0 Å². The standard InChI is InChI=1S/C28H44O12Si8/c1-8-41-29-44(11-4)31-42(9-2)33-46(13-6)34-43(10-3,37-47(35-41,36-42)25-24-27-20-16-14-17-21-27)32-45(12-5,30-41)39-48(38-44,40-46)26(7)28-22-18-15-19-23-28/h14-25H,7-13H2,1-6H3/b25-24-. The molecule has 0 aromatic heterocycles. The second-order valence-electron chi connectivity index (χ2n) is 12.2. The van der Waals surface area contributed by atoms with Crippen LogP contribution in [0.25, 0.3) is 11.3 Å². The van der Waals surface area contributed by atoms with E-state index >= 15 is 0 Å². The minimum atomic E-state index is -4.16. The summed E-state index contributed by atoms with van der Waals surface area (Å²) < 4.78 is 87.5. The SMILES string of the molecule is C=C(c1ccccc1)[Si]12O[Si]3(CC)O[Si]4(CC)O[Si]5(/C=C\c6ccccc6)O[Si](CC)(O3)O[Si](CC)(O[Si](CC)(O5)O[Si](CC)(O4)O1)O2. The second-order valence-corrected chi connectivity index (χ2v) is 37.7. The minimum absolute atomic E-state index is 0.353. The van der Waals surface area contributed by atoms with Crippen LogP contribution in [0, 0.1) is 0 Å². The molecule has 8 bridgehead atoms. The Morgan fingerprint density at radius 2 is 0.812 bits per heavy atom. The fourth-order valence-electron chi connectivity index (χ4n) is 6.35. The van der Waals surface area contributed by atoms with Gasteiger partial charge in [-0.25, -0.2) is 0 Å². The van der Waals surface area contributed by atoms with Crippen molar-refractivity contribution in [3.63, 3.8) is 0 Å². The highest BCUT2D eigenvalue weighted by Crippen LogP contribution is 2.53. The zero-order valence-electron chi connectivity index (χ0n) is 28.3. The first-order valence-electron chi connectivity index (χ1n) is 16.8. The van der Waals surface area contributed by atoms with E-state index in [1.54, 1.807) is 0 Å². The lowest BCUT2D eigenvalue weighted by Crippen LogP contribution is -2.88. The van der Waals surface area contributed by atoms with E-state index in [4.69, 9.17) is 49.4 Å². The average Bonchev–Trinajstić information content (AvgIpc) is 3.07. The van der Waals surface area contributed by atoms with Crippen LogP contribution in [0.2, 0.25) is 36.3 Å². The van der Waals surface area contributed by atoms with Crippen LogP contribution in [0.3, 0.4) is 0 Å². The predicted octanol–water partition coefficient (Wildman–Crippen LogP) is 6.39.